The summed E-state index contributed by atoms with van der Waals surface area (Å²) in [4.78, 5) is 74.3. The van der Waals surface area contributed by atoms with E-state index in [1.807, 2.05) is 68.0 Å². The van der Waals surface area contributed by atoms with Crippen LogP contribution in [0.15, 0.2) is 54.9 Å². The minimum Gasteiger partial charge on any atom is -0.474 e. The van der Waals surface area contributed by atoms with E-state index < -0.39 is 23.6 Å². The lowest BCUT2D eigenvalue weighted by molar-refractivity contribution is -0.134. The molecule has 64 heavy (non-hydrogen) atoms. The molecule has 4 aromatic rings. The van der Waals surface area contributed by atoms with E-state index in [1.165, 1.54) is 6.07 Å². The third-order valence-electron chi connectivity index (χ3n) is 12.4. The van der Waals surface area contributed by atoms with E-state index in [1.54, 1.807) is 23.2 Å². The quantitative estimate of drug-likeness (QED) is 0.200. The molecular formula is C46H54FN11O6. The van der Waals surface area contributed by atoms with E-state index in [-0.39, 0.29) is 30.1 Å². The number of carbonyl (C=O) groups excluding carboxylic acids is 4. The smallest absolute Gasteiger partial charge is 0.415 e. The SMILES string of the molecule is Cc1c(N2CCc3cnc(Nc4ccc(CC(=O)N5CCN(C6CN(c7ccc(NC8CCC(=O)NC8=O)cc7F)C6)CC5)cc4)nc3C2)cnc2c1N(C(=O)OC(C)(C)C)CCO2. The van der Waals surface area contributed by atoms with E-state index in [0.29, 0.717) is 87.6 Å². The number of carbonyl (C=O) groups is 4. The first-order valence-corrected chi connectivity index (χ1v) is 22.0. The first-order valence-electron chi connectivity index (χ1n) is 22.0. The van der Waals surface area contributed by atoms with E-state index in [9.17, 15) is 19.2 Å². The second kappa shape index (κ2) is 17.5. The fraction of sp³-hybridized carbons (Fsp3) is 0.457. The summed E-state index contributed by atoms with van der Waals surface area (Å²) < 4.78 is 26.7. The minimum atomic E-state index is -0.635. The van der Waals surface area contributed by atoms with Crippen LogP contribution in [-0.2, 0) is 38.5 Å². The number of rotatable bonds is 9. The van der Waals surface area contributed by atoms with E-state index in [2.05, 4.69) is 35.7 Å². The standard InChI is InChI=1S/C46H54FN11O6/c1-28-38(24-48-43-41(28)58(19-20-63-43)45(62)64-46(2,3)4)56-14-13-30-23-49-44(52-36(30)27-56)51-31-7-5-29(6-8-31)21-40(60)55-17-15-54(16-18-55)33-25-57(26-33)37-11-9-32(22-34(37)47)50-35-10-12-39(59)53-42(35)61/h5-9,11,22-24,33,35,50H,10,12-21,25-27H2,1-4H3,(H,49,51,52)(H,53,59,61). The van der Waals surface area contributed by atoms with Crippen molar-refractivity contribution >= 4 is 58.2 Å². The Kier molecular flexibility index (Phi) is 11.7. The lowest BCUT2D eigenvalue weighted by atomic mass is 10.0. The highest BCUT2D eigenvalue weighted by Gasteiger charge is 2.36. The van der Waals surface area contributed by atoms with Gasteiger partial charge in [0.1, 0.15) is 29.8 Å². The van der Waals surface area contributed by atoms with Crippen molar-refractivity contribution < 1.29 is 33.0 Å². The summed E-state index contributed by atoms with van der Waals surface area (Å²) >= 11 is 0. The number of pyridine rings is 1. The number of piperazine rings is 1. The lowest BCUT2D eigenvalue weighted by Crippen LogP contribution is -2.63. The number of nitrogens with one attached hydrogen (secondary N) is 3. The summed E-state index contributed by atoms with van der Waals surface area (Å²) in [6, 6.07) is 12.4. The largest absolute Gasteiger partial charge is 0.474 e. The number of piperidine rings is 1. The maximum absolute atomic E-state index is 15.1. The van der Waals surface area contributed by atoms with Crippen LogP contribution in [0.1, 0.15) is 56.0 Å². The number of hydrogen-bond donors (Lipinski definition) is 3. The first-order chi connectivity index (χ1) is 30.7. The minimum absolute atomic E-state index is 0.0840. The Morgan fingerprint density at radius 3 is 2.42 bits per heavy atom. The van der Waals surface area contributed by atoms with Crippen LogP contribution in [0.5, 0.6) is 5.88 Å². The van der Waals surface area contributed by atoms with E-state index in [0.717, 1.165) is 59.8 Å². The average Bonchev–Trinajstić information content (AvgIpc) is 3.25. The van der Waals surface area contributed by atoms with Gasteiger partial charge in [-0.25, -0.2) is 24.1 Å². The summed E-state index contributed by atoms with van der Waals surface area (Å²) in [5.41, 5.74) is 6.50. The van der Waals surface area contributed by atoms with Crippen molar-refractivity contribution in [1.29, 1.82) is 0 Å². The molecule has 0 spiro atoms. The fourth-order valence-electron chi connectivity index (χ4n) is 8.94. The zero-order valence-electron chi connectivity index (χ0n) is 36.7. The van der Waals surface area contributed by atoms with Crippen molar-refractivity contribution in [2.45, 2.75) is 77.6 Å². The predicted molar refractivity (Wildman–Crippen MR) is 239 cm³/mol. The van der Waals surface area contributed by atoms with Gasteiger partial charge in [-0.15, -0.1) is 0 Å². The molecule has 7 heterocycles. The summed E-state index contributed by atoms with van der Waals surface area (Å²) in [7, 11) is 0. The number of imide groups is 1. The number of fused-ring (bicyclic) bond motifs is 2. The van der Waals surface area contributed by atoms with Gasteiger partial charge >= 0.3 is 6.09 Å². The summed E-state index contributed by atoms with van der Waals surface area (Å²) in [6.45, 7) is 13.7. The van der Waals surface area contributed by atoms with Crippen molar-refractivity contribution in [3.63, 3.8) is 0 Å². The van der Waals surface area contributed by atoms with Crippen molar-refractivity contribution in [2.75, 3.05) is 84.3 Å². The maximum Gasteiger partial charge on any atom is 0.415 e. The maximum atomic E-state index is 15.1. The monoisotopic (exact) mass is 875 g/mol. The van der Waals surface area contributed by atoms with Crippen molar-refractivity contribution in [3.05, 3.63) is 83.1 Å². The molecule has 2 aromatic heterocycles. The van der Waals surface area contributed by atoms with E-state index in [4.69, 9.17) is 14.5 Å². The van der Waals surface area contributed by atoms with Gasteiger partial charge < -0.3 is 34.8 Å². The Bertz CT molecular complexity index is 2450. The molecule has 1 atom stereocenters. The zero-order chi connectivity index (χ0) is 44.7. The Labute approximate surface area is 371 Å². The molecule has 17 nitrogen and oxygen atoms in total. The Balaban J connectivity index is 0.741. The van der Waals surface area contributed by atoms with Crippen LogP contribution in [-0.4, -0.2) is 125 Å². The molecule has 0 saturated carbocycles. The van der Waals surface area contributed by atoms with Crippen LogP contribution in [0.4, 0.5) is 43.6 Å². The third kappa shape index (κ3) is 9.23. The van der Waals surface area contributed by atoms with Gasteiger partial charge in [0.25, 0.3) is 0 Å². The van der Waals surface area contributed by atoms with Gasteiger partial charge in [-0.3, -0.25) is 29.5 Å². The van der Waals surface area contributed by atoms with Gasteiger partial charge in [-0.05, 0) is 82.0 Å². The molecule has 3 saturated heterocycles. The Morgan fingerprint density at radius 1 is 0.922 bits per heavy atom. The fourth-order valence-corrected chi connectivity index (χ4v) is 8.94. The van der Waals surface area contributed by atoms with Crippen LogP contribution >= 0.6 is 0 Å². The molecule has 3 fully saturated rings. The molecule has 4 amide bonds. The molecule has 2 aromatic carbocycles. The molecule has 336 valence electrons. The molecule has 5 aliphatic rings. The number of hydrogen-bond acceptors (Lipinski definition) is 14. The van der Waals surface area contributed by atoms with Crippen LogP contribution in [0.3, 0.4) is 0 Å². The molecule has 1 unspecified atom stereocenters. The van der Waals surface area contributed by atoms with Gasteiger partial charge in [0, 0.05) is 81.4 Å². The Morgan fingerprint density at radius 2 is 1.69 bits per heavy atom. The molecule has 9 rings (SSSR count). The van der Waals surface area contributed by atoms with Crippen molar-refractivity contribution in [1.82, 2.24) is 30.1 Å². The number of aromatic nitrogens is 3. The van der Waals surface area contributed by atoms with Crippen LogP contribution in [0, 0.1) is 12.7 Å². The molecule has 5 aliphatic heterocycles. The molecule has 0 aliphatic carbocycles. The molecule has 18 heteroatoms. The van der Waals surface area contributed by atoms with Crippen molar-refractivity contribution in [2.24, 2.45) is 0 Å². The molecular weight excluding hydrogens is 822 g/mol. The highest BCUT2D eigenvalue weighted by Crippen LogP contribution is 2.40. The summed E-state index contributed by atoms with van der Waals surface area (Å²) in [5.74, 6) is -0.0719. The molecule has 0 bridgehead atoms. The topological polar surface area (TPSA) is 178 Å². The van der Waals surface area contributed by atoms with Crippen LogP contribution < -0.4 is 35.4 Å². The second-order valence-corrected chi connectivity index (χ2v) is 18.0. The molecule has 0 radical (unpaired) electrons. The Hall–Kier alpha value is -6.56. The number of benzene rings is 2. The van der Waals surface area contributed by atoms with Gasteiger partial charge in [0.15, 0.2) is 0 Å². The van der Waals surface area contributed by atoms with Crippen LogP contribution in [0.2, 0.25) is 0 Å². The first kappa shape index (κ1) is 42.7. The number of halogens is 1. The highest BCUT2D eigenvalue weighted by molar-refractivity contribution is 6.01. The third-order valence-corrected chi connectivity index (χ3v) is 12.4. The number of ether oxygens (including phenoxy) is 2. The number of amides is 4. The number of anilines is 6. The average molecular weight is 876 g/mol. The lowest BCUT2D eigenvalue weighted by Gasteiger charge is -2.49. The predicted octanol–water partition coefficient (Wildman–Crippen LogP) is 4.55. The number of nitrogens with zero attached hydrogens (tertiary/aromatic N) is 8. The van der Waals surface area contributed by atoms with Gasteiger partial charge in [-0.1, -0.05) is 12.1 Å². The van der Waals surface area contributed by atoms with Gasteiger partial charge in [0.05, 0.1) is 42.8 Å². The van der Waals surface area contributed by atoms with Gasteiger partial charge in [-0.2, -0.15) is 0 Å². The normalized spacial score (nSPS) is 19.2. The summed E-state index contributed by atoms with van der Waals surface area (Å²) in [5, 5.41) is 8.67. The van der Waals surface area contributed by atoms with Gasteiger partial charge in [0.2, 0.25) is 29.5 Å². The zero-order valence-corrected chi connectivity index (χ0v) is 36.7. The van der Waals surface area contributed by atoms with Crippen molar-refractivity contribution in [3.8, 4) is 5.88 Å². The second-order valence-electron chi connectivity index (χ2n) is 18.0. The molecule has 3 N–H and O–H groups in total. The van der Waals surface area contributed by atoms with E-state index >= 15 is 4.39 Å². The highest BCUT2D eigenvalue weighted by atomic mass is 19.1. The summed E-state index contributed by atoms with van der Waals surface area (Å²) in [6.07, 6.45) is 4.92. The van der Waals surface area contributed by atoms with Crippen LogP contribution in [0.25, 0.3) is 0 Å².